The summed E-state index contributed by atoms with van der Waals surface area (Å²) in [5.74, 6) is -0.727. The Hall–Kier alpha value is -3.77. The highest BCUT2D eigenvalue weighted by molar-refractivity contribution is 6.31. The number of fused-ring (bicyclic) bond motifs is 1. The molecule has 1 amide bonds. The molecule has 2 heterocycles. The monoisotopic (exact) mass is 431 g/mol. The van der Waals surface area contributed by atoms with E-state index in [4.69, 9.17) is 11.6 Å². The van der Waals surface area contributed by atoms with Crippen LogP contribution in [0.2, 0.25) is 5.02 Å². The van der Waals surface area contributed by atoms with Crippen molar-refractivity contribution in [1.29, 1.82) is 0 Å². The molecular weight excluding hydrogens is 414 g/mol. The largest absolute Gasteiger partial charge is 0.337 e. The Morgan fingerprint density at radius 3 is 2.58 bits per heavy atom. The lowest BCUT2D eigenvalue weighted by Crippen LogP contribution is -2.24. The second-order valence-electron chi connectivity index (χ2n) is 7.14. The van der Waals surface area contributed by atoms with Crippen LogP contribution >= 0.6 is 11.6 Å². The first-order valence-electron chi connectivity index (χ1n) is 9.56. The summed E-state index contributed by atoms with van der Waals surface area (Å²) in [5.41, 5.74) is 2.07. The van der Waals surface area contributed by atoms with Crippen LogP contribution < -0.4 is 10.7 Å². The molecule has 2 aromatic heterocycles. The Balaban J connectivity index is 1.77. The normalized spacial score (nSPS) is 10.8. The van der Waals surface area contributed by atoms with Crippen LogP contribution in [0.1, 0.15) is 21.5 Å². The number of rotatable bonds is 5. The Morgan fingerprint density at radius 1 is 1.06 bits per heavy atom. The first-order chi connectivity index (χ1) is 14.9. The predicted molar refractivity (Wildman–Crippen MR) is 121 cm³/mol. The van der Waals surface area contributed by atoms with E-state index in [2.05, 4.69) is 10.3 Å². The lowest BCUT2D eigenvalue weighted by atomic mass is 10.0. The van der Waals surface area contributed by atoms with Crippen LogP contribution in [-0.4, -0.2) is 21.2 Å². The van der Waals surface area contributed by atoms with Gasteiger partial charge in [0.15, 0.2) is 5.78 Å². The van der Waals surface area contributed by atoms with E-state index in [1.807, 2.05) is 25.1 Å². The molecular formula is C24H18ClN3O3. The van der Waals surface area contributed by atoms with Crippen LogP contribution in [-0.2, 0) is 11.3 Å². The molecule has 0 fully saturated rings. The van der Waals surface area contributed by atoms with Crippen molar-refractivity contribution in [3.63, 3.8) is 0 Å². The maximum Gasteiger partial charge on any atom is 0.244 e. The Labute approximate surface area is 183 Å². The van der Waals surface area contributed by atoms with Crippen molar-refractivity contribution in [2.24, 2.45) is 0 Å². The number of nitrogens with zero attached hydrogens (tertiary/aromatic N) is 2. The van der Waals surface area contributed by atoms with Gasteiger partial charge in [-0.05, 0) is 55.0 Å². The average Bonchev–Trinajstić information content (AvgIpc) is 2.76. The minimum absolute atomic E-state index is 0.0377. The quantitative estimate of drug-likeness (QED) is 0.479. The van der Waals surface area contributed by atoms with E-state index >= 15 is 0 Å². The molecule has 0 aliphatic heterocycles. The number of hydrogen-bond acceptors (Lipinski definition) is 4. The third-order valence-corrected chi connectivity index (χ3v) is 5.08. The van der Waals surface area contributed by atoms with Crippen LogP contribution in [0, 0.1) is 6.92 Å². The Kier molecular flexibility index (Phi) is 5.64. The molecule has 6 nitrogen and oxygen atoms in total. The zero-order chi connectivity index (χ0) is 22.0. The number of carbonyl (C=O) groups excluding carboxylic acids is 2. The summed E-state index contributed by atoms with van der Waals surface area (Å²) in [6.45, 7) is 1.86. The number of carbonyl (C=O) groups is 2. The first kappa shape index (κ1) is 20.5. The SMILES string of the molecule is Cc1cccc(NC(=O)Cn2cc(C(=O)c3ccncc3)c(=O)c3cc(Cl)ccc32)c1. The minimum atomic E-state index is -0.442. The van der Waals surface area contributed by atoms with Crippen molar-refractivity contribution in [2.75, 3.05) is 5.32 Å². The average molecular weight is 432 g/mol. The Bertz CT molecular complexity index is 1360. The summed E-state index contributed by atoms with van der Waals surface area (Å²) in [4.78, 5) is 42.7. The molecule has 0 aliphatic carbocycles. The van der Waals surface area contributed by atoms with Gasteiger partial charge in [-0.3, -0.25) is 19.4 Å². The van der Waals surface area contributed by atoms with Crippen molar-refractivity contribution in [2.45, 2.75) is 13.5 Å². The number of halogens is 1. The maximum atomic E-state index is 13.1. The molecule has 2 aromatic carbocycles. The van der Waals surface area contributed by atoms with Crippen LogP contribution in [0.5, 0.6) is 0 Å². The van der Waals surface area contributed by atoms with Gasteiger partial charge in [-0.1, -0.05) is 23.7 Å². The first-order valence-corrected chi connectivity index (χ1v) is 9.94. The van der Waals surface area contributed by atoms with Crippen LogP contribution in [0.15, 0.2) is 78.0 Å². The summed E-state index contributed by atoms with van der Waals surface area (Å²) in [7, 11) is 0. The zero-order valence-electron chi connectivity index (χ0n) is 16.6. The number of benzene rings is 2. The molecule has 0 saturated carbocycles. The van der Waals surface area contributed by atoms with Gasteiger partial charge < -0.3 is 9.88 Å². The van der Waals surface area contributed by atoms with E-state index in [1.165, 1.54) is 24.7 Å². The summed E-state index contributed by atoms with van der Waals surface area (Å²) >= 11 is 6.10. The molecule has 0 radical (unpaired) electrons. The van der Waals surface area contributed by atoms with Gasteiger partial charge in [0.1, 0.15) is 6.54 Å². The number of aromatic nitrogens is 2. The molecule has 31 heavy (non-hydrogen) atoms. The molecule has 4 aromatic rings. The summed E-state index contributed by atoms with van der Waals surface area (Å²) in [6.07, 6.45) is 4.40. The van der Waals surface area contributed by atoms with Crippen molar-refractivity contribution >= 4 is 39.9 Å². The van der Waals surface area contributed by atoms with Crippen LogP contribution in [0.4, 0.5) is 5.69 Å². The lowest BCUT2D eigenvalue weighted by Gasteiger charge is -2.14. The van der Waals surface area contributed by atoms with E-state index in [1.54, 1.807) is 34.9 Å². The van der Waals surface area contributed by atoms with Gasteiger partial charge >= 0.3 is 0 Å². The fourth-order valence-corrected chi connectivity index (χ4v) is 3.57. The molecule has 0 aliphatic rings. The van der Waals surface area contributed by atoms with E-state index in [9.17, 15) is 14.4 Å². The Morgan fingerprint density at radius 2 is 1.84 bits per heavy atom. The smallest absolute Gasteiger partial charge is 0.244 e. The molecule has 0 atom stereocenters. The highest BCUT2D eigenvalue weighted by Gasteiger charge is 2.18. The summed E-state index contributed by atoms with van der Waals surface area (Å²) in [5, 5.41) is 3.49. The maximum absolute atomic E-state index is 13.1. The van der Waals surface area contributed by atoms with E-state index < -0.39 is 11.2 Å². The van der Waals surface area contributed by atoms with Crippen molar-refractivity contribution in [1.82, 2.24) is 9.55 Å². The van der Waals surface area contributed by atoms with Gasteiger partial charge in [0.05, 0.1) is 11.1 Å². The third kappa shape index (κ3) is 4.39. The standard InChI is InChI=1S/C24H18ClN3O3/c1-15-3-2-4-18(11-15)27-22(29)14-28-13-20(23(30)16-7-9-26-10-8-16)24(31)19-12-17(25)5-6-21(19)28/h2-13H,14H2,1H3,(H,27,29). The van der Waals surface area contributed by atoms with Gasteiger partial charge in [-0.15, -0.1) is 0 Å². The second kappa shape index (κ2) is 8.53. The van der Waals surface area contributed by atoms with Crippen molar-refractivity contribution < 1.29 is 9.59 Å². The van der Waals surface area contributed by atoms with Gasteiger partial charge in [0.2, 0.25) is 11.3 Å². The molecule has 1 N–H and O–H groups in total. The number of hydrogen-bond donors (Lipinski definition) is 1. The van der Waals surface area contributed by atoms with Gasteiger partial charge in [-0.2, -0.15) is 0 Å². The highest BCUT2D eigenvalue weighted by Crippen LogP contribution is 2.19. The van der Waals surface area contributed by atoms with E-state index in [-0.39, 0.29) is 23.4 Å². The van der Waals surface area contributed by atoms with Gasteiger partial charge in [-0.25, -0.2) is 0 Å². The summed E-state index contributed by atoms with van der Waals surface area (Å²) in [6, 6.07) is 15.3. The fraction of sp³-hybridized carbons (Fsp3) is 0.0833. The minimum Gasteiger partial charge on any atom is -0.337 e. The van der Waals surface area contributed by atoms with E-state index in [0.29, 0.717) is 21.8 Å². The molecule has 0 bridgehead atoms. The molecule has 154 valence electrons. The molecule has 0 spiro atoms. The second-order valence-corrected chi connectivity index (χ2v) is 7.58. The van der Waals surface area contributed by atoms with Gasteiger partial charge in [0, 0.05) is 40.3 Å². The number of aryl methyl sites for hydroxylation is 1. The fourth-order valence-electron chi connectivity index (χ4n) is 3.40. The number of amides is 1. The topological polar surface area (TPSA) is 81.1 Å². The molecule has 0 saturated heterocycles. The highest BCUT2D eigenvalue weighted by atomic mass is 35.5. The third-order valence-electron chi connectivity index (χ3n) is 4.85. The van der Waals surface area contributed by atoms with E-state index in [0.717, 1.165) is 5.56 Å². The van der Waals surface area contributed by atoms with Gasteiger partial charge in [0.25, 0.3) is 0 Å². The molecule has 0 unspecified atom stereocenters. The van der Waals surface area contributed by atoms with Crippen molar-refractivity contribution in [3.05, 3.63) is 105 Å². The van der Waals surface area contributed by atoms with Crippen LogP contribution in [0.3, 0.4) is 0 Å². The predicted octanol–water partition coefficient (Wildman–Crippen LogP) is 4.23. The number of pyridine rings is 2. The number of anilines is 1. The summed E-state index contributed by atoms with van der Waals surface area (Å²) < 4.78 is 1.59. The van der Waals surface area contributed by atoms with Crippen molar-refractivity contribution in [3.8, 4) is 0 Å². The number of nitrogens with one attached hydrogen (secondary N) is 1. The van der Waals surface area contributed by atoms with Crippen LogP contribution in [0.25, 0.3) is 10.9 Å². The molecule has 4 rings (SSSR count). The zero-order valence-corrected chi connectivity index (χ0v) is 17.4. The number of ketones is 1. The lowest BCUT2D eigenvalue weighted by molar-refractivity contribution is -0.116. The molecule has 7 heteroatoms.